The second-order valence-electron chi connectivity index (χ2n) is 4.93. The van der Waals surface area contributed by atoms with Gasteiger partial charge in [0.2, 0.25) is 0 Å². The molecule has 0 aliphatic rings. The maximum absolute atomic E-state index is 10.1. The number of hydrogen-bond acceptors (Lipinski definition) is 2. The fraction of sp³-hybridized carbons (Fsp3) is 0.294. The number of aliphatic hydroxyl groups excluding tert-OH is 1. The Morgan fingerprint density at radius 1 is 1.15 bits per heavy atom. The highest BCUT2D eigenvalue weighted by Crippen LogP contribution is 2.33. The van der Waals surface area contributed by atoms with E-state index < -0.39 is 6.10 Å². The summed E-state index contributed by atoms with van der Waals surface area (Å²) in [6, 6.07) is 11.6. The maximum atomic E-state index is 10.1. The van der Waals surface area contributed by atoms with Gasteiger partial charge in [0, 0.05) is 10.0 Å². The first-order valence-electron chi connectivity index (χ1n) is 6.74. The lowest BCUT2D eigenvalue weighted by atomic mass is 10.1. The molecule has 0 aliphatic carbocycles. The molecule has 3 heteroatoms. The van der Waals surface area contributed by atoms with E-state index in [9.17, 15) is 5.11 Å². The molecule has 0 amide bonds. The van der Waals surface area contributed by atoms with Crippen LogP contribution in [0, 0.1) is 13.8 Å². The topological polar surface area (TPSA) is 29.5 Å². The van der Waals surface area contributed by atoms with E-state index in [1.54, 1.807) is 0 Å². The number of halogens is 1. The molecule has 20 heavy (non-hydrogen) atoms. The molecule has 0 heterocycles. The van der Waals surface area contributed by atoms with Crippen LogP contribution in [-0.4, -0.2) is 5.11 Å². The lowest BCUT2D eigenvalue weighted by Crippen LogP contribution is -1.99. The zero-order valence-corrected chi connectivity index (χ0v) is 13.6. The van der Waals surface area contributed by atoms with E-state index in [4.69, 9.17) is 4.74 Å². The number of aryl methyl sites for hydroxylation is 2. The van der Waals surface area contributed by atoms with Gasteiger partial charge >= 0.3 is 0 Å². The lowest BCUT2D eigenvalue weighted by molar-refractivity contribution is 0.170. The third-order valence-corrected chi connectivity index (χ3v) is 4.55. The van der Waals surface area contributed by atoms with Gasteiger partial charge < -0.3 is 9.84 Å². The first kappa shape index (κ1) is 15.1. The van der Waals surface area contributed by atoms with Gasteiger partial charge in [0.05, 0.1) is 6.10 Å². The summed E-state index contributed by atoms with van der Waals surface area (Å²) < 4.78 is 7.07. The van der Waals surface area contributed by atoms with E-state index >= 15 is 0 Å². The minimum atomic E-state index is -0.496. The smallest absolute Gasteiger partial charge is 0.133 e. The monoisotopic (exact) mass is 334 g/mol. The van der Waals surface area contributed by atoms with Gasteiger partial charge in [-0.15, -0.1) is 0 Å². The van der Waals surface area contributed by atoms with Crippen LogP contribution in [0.15, 0.2) is 40.9 Å². The average Bonchev–Trinajstić information content (AvgIpc) is 2.44. The van der Waals surface area contributed by atoms with E-state index in [1.165, 1.54) is 0 Å². The van der Waals surface area contributed by atoms with Gasteiger partial charge in [-0.3, -0.25) is 0 Å². The summed E-state index contributed by atoms with van der Waals surface area (Å²) in [4.78, 5) is 0. The standard InChI is InChI=1S/C17H19BrO2/c1-4-15(19)14-7-5-6-8-16(14)20-13-9-11(2)17(18)12(3)10-13/h5-10,15,19H,4H2,1-3H3/t15-/m1/s1. The van der Waals surface area contributed by atoms with Crippen molar-refractivity contribution in [2.75, 3.05) is 0 Å². The Hall–Kier alpha value is -1.32. The Morgan fingerprint density at radius 3 is 2.35 bits per heavy atom. The molecule has 0 saturated carbocycles. The second kappa shape index (κ2) is 6.42. The summed E-state index contributed by atoms with van der Waals surface area (Å²) in [6.07, 6.45) is 0.169. The normalized spacial score (nSPS) is 12.2. The molecule has 1 atom stereocenters. The van der Waals surface area contributed by atoms with Gasteiger partial charge in [-0.2, -0.15) is 0 Å². The highest BCUT2D eigenvalue weighted by atomic mass is 79.9. The number of para-hydroxylation sites is 1. The fourth-order valence-corrected chi connectivity index (χ4v) is 2.39. The number of benzene rings is 2. The molecule has 2 aromatic carbocycles. The minimum Gasteiger partial charge on any atom is -0.457 e. The van der Waals surface area contributed by atoms with Crippen LogP contribution in [-0.2, 0) is 0 Å². The molecule has 0 bridgehead atoms. The van der Waals surface area contributed by atoms with Crippen molar-refractivity contribution < 1.29 is 9.84 Å². The van der Waals surface area contributed by atoms with Crippen molar-refractivity contribution in [2.45, 2.75) is 33.3 Å². The van der Waals surface area contributed by atoms with E-state index in [1.807, 2.05) is 57.2 Å². The first-order chi connectivity index (χ1) is 9.52. The van der Waals surface area contributed by atoms with Crippen molar-refractivity contribution in [1.82, 2.24) is 0 Å². The Kier molecular flexibility index (Phi) is 4.84. The van der Waals surface area contributed by atoms with Crippen molar-refractivity contribution in [2.24, 2.45) is 0 Å². The van der Waals surface area contributed by atoms with Crippen LogP contribution >= 0.6 is 15.9 Å². The van der Waals surface area contributed by atoms with Crippen molar-refractivity contribution in [3.63, 3.8) is 0 Å². The van der Waals surface area contributed by atoms with Crippen molar-refractivity contribution in [1.29, 1.82) is 0 Å². The second-order valence-corrected chi connectivity index (χ2v) is 5.73. The van der Waals surface area contributed by atoms with Gasteiger partial charge in [0.25, 0.3) is 0 Å². The van der Waals surface area contributed by atoms with Crippen molar-refractivity contribution >= 4 is 15.9 Å². The number of aliphatic hydroxyl groups is 1. The lowest BCUT2D eigenvalue weighted by Gasteiger charge is -2.15. The maximum Gasteiger partial charge on any atom is 0.133 e. The molecule has 106 valence electrons. The SMILES string of the molecule is CC[C@@H](O)c1ccccc1Oc1cc(C)c(Br)c(C)c1. The average molecular weight is 335 g/mol. The van der Waals surface area contributed by atoms with Crippen LogP contribution in [0.1, 0.15) is 36.1 Å². The summed E-state index contributed by atoms with van der Waals surface area (Å²) in [7, 11) is 0. The third kappa shape index (κ3) is 3.22. The summed E-state index contributed by atoms with van der Waals surface area (Å²) in [5.41, 5.74) is 3.09. The van der Waals surface area contributed by atoms with E-state index in [-0.39, 0.29) is 0 Å². The number of rotatable bonds is 4. The van der Waals surface area contributed by atoms with E-state index in [0.29, 0.717) is 12.2 Å². The van der Waals surface area contributed by atoms with Gasteiger partial charge in [-0.25, -0.2) is 0 Å². The van der Waals surface area contributed by atoms with Crippen molar-refractivity contribution in [3.8, 4) is 11.5 Å². The Morgan fingerprint density at radius 2 is 1.75 bits per heavy atom. The predicted octanol–water partition coefficient (Wildman–Crippen LogP) is 5.30. The highest BCUT2D eigenvalue weighted by molar-refractivity contribution is 9.10. The molecular formula is C17H19BrO2. The molecule has 0 aromatic heterocycles. The fourth-order valence-electron chi connectivity index (χ4n) is 2.16. The van der Waals surface area contributed by atoms with Gasteiger partial charge in [-0.05, 0) is 49.6 Å². The van der Waals surface area contributed by atoms with Gasteiger partial charge in [0.1, 0.15) is 11.5 Å². The van der Waals surface area contributed by atoms with Crippen LogP contribution in [0.25, 0.3) is 0 Å². The van der Waals surface area contributed by atoms with Crippen LogP contribution < -0.4 is 4.74 Å². The zero-order valence-electron chi connectivity index (χ0n) is 12.0. The molecule has 0 aliphatic heterocycles. The molecule has 0 radical (unpaired) electrons. The number of hydrogen-bond donors (Lipinski definition) is 1. The van der Waals surface area contributed by atoms with Crippen LogP contribution in [0.5, 0.6) is 11.5 Å². The van der Waals surface area contributed by atoms with Crippen LogP contribution in [0.4, 0.5) is 0 Å². The molecule has 0 fully saturated rings. The summed E-state index contributed by atoms with van der Waals surface area (Å²) >= 11 is 3.55. The first-order valence-corrected chi connectivity index (χ1v) is 7.53. The van der Waals surface area contributed by atoms with Crippen LogP contribution in [0.3, 0.4) is 0 Å². The molecule has 0 saturated heterocycles. The Labute approximate surface area is 128 Å². The zero-order chi connectivity index (χ0) is 14.7. The summed E-state index contributed by atoms with van der Waals surface area (Å²) in [5, 5.41) is 10.1. The third-order valence-electron chi connectivity index (χ3n) is 3.30. The Bertz CT molecular complexity index is 585. The molecule has 2 nitrogen and oxygen atoms in total. The molecular weight excluding hydrogens is 316 g/mol. The number of ether oxygens (including phenoxy) is 1. The quantitative estimate of drug-likeness (QED) is 0.821. The molecule has 1 N–H and O–H groups in total. The van der Waals surface area contributed by atoms with Crippen LogP contribution in [0.2, 0.25) is 0 Å². The largest absolute Gasteiger partial charge is 0.457 e. The van der Waals surface area contributed by atoms with Gasteiger partial charge in [0.15, 0.2) is 0 Å². The van der Waals surface area contributed by atoms with E-state index in [2.05, 4.69) is 15.9 Å². The highest BCUT2D eigenvalue weighted by Gasteiger charge is 2.12. The molecule has 0 spiro atoms. The Balaban J connectivity index is 2.35. The summed E-state index contributed by atoms with van der Waals surface area (Å²) in [5.74, 6) is 1.50. The van der Waals surface area contributed by atoms with E-state index in [0.717, 1.165) is 26.9 Å². The summed E-state index contributed by atoms with van der Waals surface area (Å²) in [6.45, 7) is 6.03. The minimum absolute atomic E-state index is 0.496. The van der Waals surface area contributed by atoms with Gasteiger partial charge in [-0.1, -0.05) is 41.1 Å². The molecule has 0 unspecified atom stereocenters. The predicted molar refractivity (Wildman–Crippen MR) is 85.4 cm³/mol. The molecule has 2 rings (SSSR count). The van der Waals surface area contributed by atoms with Crippen molar-refractivity contribution in [3.05, 3.63) is 57.6 Å². The molecule has 2 aromatic rings.